The Balaban J connectivity index is 2.45. The van der Waals surface area contributed by atoms with Crippen LogP contribution < -0.4 is 0 Å². The molecule has 1 atom stereocenters. The van der Waals surface area contributed by atoms with Crippen LogP contribution in [0, 0.1) is 0 Å². The van der Waals surface area contributed by atoms with E-state index in [1.54, 1.807) is 6.20 Å². The van der Waals surface area contributed by atoms with Gasteiger partial charge in [-0.25, -0.2) is 4.98 Å². The molecule has 4 nitrogen and oxygen atoms in total. The average Bonchev–Trinajstić information content (AvgIpc) is 2.66. The van der Waals surface area contributed by atoms with Gasteiger partial charge in [-0.15, -0.1) is 0 Å². The van der Waals surface area contributed by atoms with E-state index < -0.39 is 6.10 Å². The van der Waals surface area contributed by atoms with Crippen LogP contribution in [0.3, 0.4) is 0 Å². The number of hydrogen-bond acceptors (Lipinski definition) is 3. The maximum absolute atomic E-state index is 9.32. The molecule has 2 N–H and O–H groups in total. The normalized spacial score (nSPS) is 13.0. The maximum atomic E-state index is 9.32. The Labute approximate surface area is 90.6 Å². The Morgan fingerprint density at radius 3 is 2.93 bits per heavy atom. The van der Waals surface area contributed by atoms with Gasteiger partial charge in [0.25, 0.3) is 0 Å². The molecule has 1 heterocycles. The lowest BCUT2D eigenvalue weighted by molar-refractivity contribution is 0.0931. The second-order valence-corrected chi connectivity index (χ2v) is 3.78. The quantitative estimate of drug-likeness (QED) is 0.662. The number of aliphatic hydroxyl groups excluding tert-OH is 2. The minimum absolute atomic E-state index is 0.207. The second kappa shape index (κ2) is 6.58. The molecule has 0 radical (unpaired) electrons. The Kier molecular flexibility index (Phi) is 5.36. The third kappa shape index (κ3) is 4.01. The molecule has 0 amide bonds. The van der Waals surface area contributed by atoms with Gasteiger partial charge in [0.2, 0.25) is 0 Å². The fourth-order valence-electron chi connectivity index (χ4n) is 1.54. The molecule has 0 saturated carbocycles. The first kappa shape index (κ1) is 12.2. The van der Waals surface area contributed by atoms with Crippen LogP contribution in [0.1, 0.15) is 32.0 Å². The molecule has 1 aromatic rings. The summed E-state index contributed by atoms with van der Waals surface area (Å²) in [7, 11) is 0. The monoisotopic (exact) mass is 212 g/mol. The third-order valence-corrected chi connectivity index (χ3v) is 2.43. The van der Waals surface area contributed by atoms with E-state index in [1.165, 1.54) is 12.8 Å². The number of aromatic nitrogens is 2. The van der Waals surface area contributed by atoms with Crippen LogP contribution in [-0.2, 0) is 13.0 Å². The van der Waals surface area contributed by atoms with E-state index in [1.807, 2.05) is 6.20 Å². The highest BCUT2D eigenvalue weighted by Crippen LogP contribution is 2.05. The van der Waals surface area contributed by atoms with Gasteiger partial charge >= 0.3 is 0 Å². The zero-order chi connectivity index (χ0) is 11.1. The summed E-state index contributed by atoms with van der Waals surface area (Å²) in [6.45, 7) is 2.91. The summed E-state index contributed by atoms with van der Waals surface area (Å²) >= 11 is 0. The summed E-state index contributed by atoms with van der Waals surface area (Å²) in [4.78, 5) is 4.17. The van der Waals surface area contributed by atoms with E-state index in [9.17, 15) is 5.11 Å². The van der Waals surface area contributed by atoms with Crippen molar-refractivity contribution in [3.8, 4) is 0 Å². The molecule has 1 aromatic heterocycles. The van der Waals surface area contributed by atoms with Crippen molar-refractivity contribution in [2.24, 2.45) is 0 Å². The topological polar surface area (TPSA) is 58.3 Å². The number of nitrogens with zero attached hydrogens (tertiary/aromatic N) is 2. The zero-order valence-corrected chi connectivity index (χ0v) is 9.26. The Hall–Kier alpha value is -0.870. The first-order valence-electron chi connectivity index (χ1n) is 5.56. The summed E-state index contributed by atoms with van der Waals surface area (Å²) in [5.74, 6) is 0.854. The number of aryl methyl sites for hydroxylation is 1. The van der Waals surface area contributed by atoms with Crippen LogP contribution in [0.4, 0.5) is 0 Å². The molecular formula is C11H20N2O2. The predicted molar refractivity (Wildman–Crippen MR) is 58.5 cm³/mol. The van der Waals surface area contributed by atoms with Crippen LogP contribution in [-0.4, -0.2) is 32.5 Å². The molecule has 15 heavy (non-hydrogen) atoms. The van der Waals surface area contributed by atoms with E-state index in [-0.39, 0.29) is 6.61 Å². The molecule has 0 fully saturated rings. The van der Waals surface area contributed by atoms with Gasteiger partial charge in [0.05, 0.1) is 12.7 Å². The maximum Gasteiger partial charge on any atom is 0.111 e. The van der Waals surface area contributed by atoms with E-state index in [4.69, 9.17) is 5.11 Å². The predicted octanol–water partition coefficient (Wildman–Crippen LogP) is 0.969. The van der Waals surface area contributed by atoms with E-state index in [2.05, 4.69) is 16.5 Å². The Morgan fingerprint density at radius 1 is 1.47 bits per heavy atom. The number of rotatable bonds is 7. The van der Waals surface area contributed by atoms with Gasteiger partial charge in [0.15, 0.2) is 0 Å². The second-order valence-electron chi connectivity index (χ2n) is 3.78. The van der Waals surface area contributed by atoms with Crippen LogP contribution >= 0.6 is 0 Å². The molecule has 1 rings (SSSR count). The van der Waals surface area contributed by atoms with E-state index in [0.717, 1.165) is 18.8 Å². The van der Waals surface area contributed by atoms with Crippen molar-refractivity contribution in [1.82, 2.24) is 9.55 Å². The van der Waals surface area contributed by atoms with Gasteiger partial charge in [0, 0.05) is 25.4 Å². The number of hydrogen-bond donors (Lipinski definition) is 2. The smallest absolute Gasteiger partial charge is 0.111 e. The van der Waals surface area contributed by atoms with E-state index in [0.29, 0.717) is 6.42 Å². The fraction of sp³-hybridized carbons (Fsp3) is 0.727. The molecule has 0 saturated heterocycles. The number of unbranched alkanes of at least 4 members (excludes halogenated alkanes) is 2. The largest absolute Gasteiger partial charge is 0.394 e. The standard InChI is InChI=1S/C11H20N2O2/c1-2-3-4-6-13-7-5-12-11(13)8-10(15)9-14/h5,7,10,14-15H,2-4,6,8-9H2,1H3. The van der Waals surface area contributed by atoms with Gasteiger partial charge in [-0.3, -0.25) is 0 Å². The van der Waals surface area contributed by atoms with E-state index >= 15 is 0 Å². The van der Waals surface area contributed by atoms with Crippen molar-refractivity contribution in [2.75, 3.05) is 6.61 Å². The van der Waals surface area contributed by atoms with Crippen LogP contribution in [0.2, 0.25) is 0 Å². The molecule has 4 heteroatoms. The molecule has 0 aromatic carbocycles. The first-order chi connectivity index (χ1) is 7.27. The minimum atomic E-state index is -0.697. The van der Waals surface area contributed by atoms with Crippen LogP contribution in [0.5, 0.6) is 0 Å². The van der Waals surface area contributed by atoms with Gasteiger partial charge in [-0.2, -0.15) is 0 Å². The van der Waals surface area contributed by atoms with Crippen molar-refractivity contribution in [2.45, 2.75) is 45.3 Å². The summed E-state index contributed by atoms with van der Waals surface area (Å²) in [5, 5.41) is 18.1. The molecular weight excluding hydrogens is 192 g/mol. The summed E-state index contributed by atoms with van der Waals surface area (Å²) in [5.41, 5.74) is 0. The van der Waals surface area contributed by atoms with Gasteiger partial charge in [0.1, 0.15) is 5.82 Å². The molecule has 0 spiro atoms. The SMILES string of the molecule is CCCCCn1ccnc1CC(O)CO. The third-order valence-electron chi connectivity index (χ3n) is 2.43. The lowest BCUT2D eigenvalue weighted by Gasteiger charge is -2.09. The molecule has 86 valence electrons. The average molecular weight is 212 g/mol. The lowest BCUT2D eigenvalue weighted by atomic mass is 10.2. The summed E-state index contributed by atoms with van der Waals surface area (Å²) in [6, 6.07) is 0. The number of aliphatic hydroxyl groups is 2. The zero-order valence-electron chi connectivity index (χ0n) is 9.26. The number of imidazole rings is 1. The highest BCUT2D eigenvalue weighted by atomic mass is 16.3. The fourth-order valence-corrected chi connectivity index (χ4v) is 1.54. The first-order valence-corrected chi connectivity index (χ1v) is 5.56. The van der Waals surface area contributed by atoms with Gasteiger partial charge in [-0.1, -0.05) is 19.8 Å². The molecule has 0 aliphatic rings. The highest BCUT2D eigenvalue weighted by Gasteiger charge is 2.08. The Bertz CT molecular complexity index is 273. The van der Waals surface area contributed by atoms with Gasteiger partial charge < -0.3 is 14.8 Å². The molecule has 0 aliphatic carbocycles. The van der Waals surface area contributed by atoms with Crippen molar-refractivity contribution >= 4 is 0 Å². The molecule has 1 unspecified atom stereocenters. The van der Waals surface area contributed by atoms with Crippen LogP contribution in [0.25, 0.3) is 0 Å². The van der Waals surface area contributed by atoms with Gasteiger partial charge in [-0.05, 0) is 6.42 Å². The Morgan fingerprint density at radius 2 is 2.27 bits per heavy atom. The minimum Gasteiger partial charge on any atom is -0.394 e. The lowest BCUT2D eigenvalue weighted by Crippen LogP contribution is -2.18. The molecule has 0 aliphatic heterocycles. The molecule has 0 bridgehead atoms. The van der Waals surface area contributed by atoms with Crippen molar-refractivity contribution in [3.05, 3.63) is 18.2 Å². The summed E-state index contributed by atoms with van der Waals surface area (Å²) in [6.07, 6.45) is 6.94. The highest BCUT2D eigenvalue weighted by molar-refractivity contribution is 4.94. The van der Waals surface area contributed by atoms with Crippen molar-refractivity contribution in [1.29, 1.82) is 0 Å². The summed E-state index contributed by atoms with van der Waals surface area (Å²) < 4.78 is 2.05. The van der Waals surface area contributed by atoms with Crippen LogP contribution in [0.15, 0.2) is 12.4 Å². The van der Waals surface area contributed by atoms with Crippen molar-refractivity contribution < 1.29 is 10.2 Å². The van der Waals surface area contributed by atoms with Crippen molar-refractivity contribution in [3.63, 3.8) is 0 Å².